The Morgan fingerprint density at radius 3 is 1.20 bits per heavy atom. The van der Waals surface area contributed by atoms with E-state index in [-0.39, 0.29) is 11.9 Å². The summed E-state index contributed by atoms with van der Waals surface area (Å²) >= 11 is 0. The zero-order valence-electron chi connectivity index (χ0n) is 45.4. The molecule has 0 amide bonds. The maximum Gasteiger partial charge on any atom is 0.343 e. The van der Waals surface area contributed by atoms with Crippen LogP contribution in [-0.4, -0.2) is 73.0 Å². The van der Waals surface area contributed by atoms with Gasteiger partial charge in [-0.05, 0) is 181 Å². The van der Waals surface area contributed by atoms with Crippen LogP contribution in [-0.2, 0) is 33.4 Å². The fraction of sp³-hybridized carbons (Fsp3) is 0.387. The van der Waals surface area contributed by atoms with Crippen LogP contribution < -0.4 is 18.9 Å². The fourth-order valence-corrected chi connectivity index (χ4v) is 6.92. The number of carbonyl (C=O) groups excluding carboxylic acids is 5. The summed E-state index contributed by atoms with van der Waals surface area (Å²) in [6.07, 6.45) is 17.7. The molecule has 4 aromatic rings. The molecule has 14 heteroatoms. The molecule has 0 saturated heterocycles. The number of carboxylic acid groups (broad SMARTS) is 1. The number of ether oxygens (including phenoxy) is 7. The van der Waals surface area contributed by atoms with Gasteiger partial charge in [-0.1, -0.05) is 76.7 Å². The molecule has 0 fully saturated rings. The number of hydrogen-bond acceptors (Lipinski definition) is 13. The minimum Gasteiger partial charge on any atom is -0.494 e. The highest BCUT2D eigenvalue weighted by Crippen LogP contribution is 2.24. The van der Waals surface area contributed by atoms with Crippen LogP contribution in [0.4, 0.5) is 0 Å². The van der Waals surface area contributed by atoms with Gasteiger partial charge in [0.25, 0.3) is 0 Å². The minimum atomic E-state index is -1.02. The molecule has 0 aliphatic heterocycles. The van der Waals surface area contributed by atoms with E-state index >= 15 is 0 Å². The molecule has 0 aliphatic carbocycles. The van der Waals surface area contributed by atoms with Crippen molar-refractivity contribution in [2.24, 2.45) is 0 Å². The molecule has 0 unspecified atom stereocenters. The van der Waals surface area contributed by atoms with Gasteiger partial charge in [-0.25, -0.2) is 28.8 Å². The number of rotatable bonds is 30. The second kappa shape index (κ2) is 34.0. The average molecular weight is 1050 g/mol. The van der Waals surface area contributed by atoms with E-state index in [2.05, 4.69) is 13.2 Å². The van der Waals surface area contributed by atoms with Crippen molar-refractivity contribution in [2.45, 2.75) is 131 Å². The second-order valence-corrected chi connectivity index (χ2v) is 19.2. The lowest BCUT2D eigenvalue weighted by molar-refractivity contribution is -0.148. The Kier molecular flexibility index (Phi) is 27.9. The molecule has 4 rings (SSSR count). The third-order valence-electron chi connectivity index (χ3n) is 11.0. The first-order valence-corrected chi connectivity index (χ1v) is 25.8. The van der Waals surface area contributed by atoms with Crippen LogP contribution in [0.3, 0.4) is 0 Å². The molecular formula is C62H76O14. The predicted octanol–water partition coefficient (Wildman–Crippen LogP) is 13.6. The monoisotopic (exact) mass is 1040 g/mol. The van der Waals surface area contributed by atoms with Crippen molar-refractivity contribution in [2.75, 3.05) is 26.4 Å². The molecule has 0 aromatic heterocycles. The highest BCUT2D eigenvalue weighted by molar-refractivity contribution is 5.92. The number of carbonyl (C=O) groups is 6. The highest BCUT2D eigenvalue weighted by atomic mass is 16.6. The van der Waals surface area contributed by atoms with Crippen molar-refractivity contribution in [1.29, 1.82) is 0 Å². The normalized spacial score (nSPS) is 11.0. The van der Waals surface area contributed by atoms with Gasteiger partial charge in [-0.3, -0.25) is 0 Å². The molecule has 408 valence electrons. The Balaban J connectivity index is 0.000000402. The van der Waals surface area contributed by atoms with Crippen molar-refractivity contribution < 1.29 is 67.0 Å². The molecule has 0 heterocycles. The Morgan fingerprint density at radius 1 is 0.500 bits per heavy atom. The molecular weight excluding hydrogens is 969 g/mol. The molecule has 0 spiro atoms. The maximum atomic E-state index is 12.6. The van der Waals surface area contributed by atoms with E-state index in [1.165, 1.54) is 12.2 Å². The summed E-state index contributed by atoms with van der Waals surface area (Å²) in [6.45, 7) is 21.6. The third-order valence-corrected chi connectivity index (χ3v) is 11.0. The van der Waals surface area contributed by atoms with E-state index in [4.69, 9.17) is 38.3 Å². The minimum absolute atomic E-state index is 0.324. The van der Waals surface area contributed by atoms with Gasteiger partial charge < -0.3 is 38.3 Å². The summed E-state index contributed by atoms with van der Waals surface area (Å²) in [5.41, 5.74) is 4.14. The Bertz CT molecular complexity index is 2600. The maximum absolute atomic E-state index is 12.6. The van der Waals surface area contributed by atoms with Crippen molar-refractivity contribution in [3.63, 3.8) is 0 Å². The molecule has 0 radical (unpaired) electrons. The zero-order valence-corrected chi connectivity index (χ0v) is 45.4. The van der Waals surface area contributed by atoms with Gasteiger partial charge in [0, 0.05) is 23.3 Å². The van der Waals surface area contributed by atoms with Crippen LogP contribution in [0.1, 0.15) is 155 Å². The van der Waals surface area contributed by atoms with Crippen LogP contribution >= 0.6 is 0 Å². The highest BCUT2D eigenvalue weighted by Gasteiger charge is 2.15. The Hall–Kier alpha value is -7.74. The number of unbranched alkanes of at least 4 members (excludes halogenated alkanes) is 10. The van der Waals surface area contributed by atoms with E-state index < -0.39 is 29.5 Å². The lowest BCUT2D eigenvalue weighted by Crippen LogP contribution is -2.22. The van der Waals surface area contributed by atoms with Gasteiger partial charge >= 0.3 is 35.8 Å². The smallest absolute Gasteiger partial charge is 0.343 e. The molecule has 14 nitrogen and oxygen atoms in total. The number of aliphatic carboxylic acids is 1. The van der Waals surface area contributed by atoms with Crippen LogP contribution in [0.2, 0.25) is 0 Å². The fourth-order valence-electron chi connectivity index (χ4n) is 6.92. The van der Waals surface area contributed by atoms with Gasteiger partial charge in [0.2, 0.25) is 0 Å². The summed E-state index contributed by atoms with van der Waals surface area (Å²) in [6, 6.07) is 24.1. The number of hydrogen-bond donors (Lipinski definition) is 1. The summed E-state index contributed by atoms with van der Waals surface area (Å²) in [5, 5.41) is 8.72. The van der Waals surface area contributed by atoms with Gasteiger partial charge in [0.15, 0.2) is 0 Å². The topological polar surface area (TPSA) is 187 Å². The summed E-state index contributed by atoms with van der Waals surface area (Å²) in [7, 11) is 0. The van der Waals surface area contributed by atoms with Crippen LogP contribution in [0.25, 0.3) is 12.2 Å². The van der Waals surface area contributed by atoms with Crippen molar-refractivity contribution in [3.8, 4) is 23.0 Å². The molecule has 0 aliphatic rings. The molecule has 0 saturated carbocycles. The van der Waals surface area contributed by atoms with Crippen molar-refractivity contribution in [1.82, 2.24) is 0 Å². The van der Waals surface area contributed by atoms with Gasteiger partial charge in [0.1, 0.15) is 28.6 Å². The van der Waals surface area contributed by atoms with E-state index in [9.17, 15) is 28.8 Å². The number of benzene rings is 4. The largest absolute Gasteiger partial charge is 0.494 e. The number of esters is 5. The van der Waals surface area contributed by atoms with Crippen LogP contribution in [0.15, 0.2) is 121 Å². The van der Waals surface area contributed by atoms with E-state index in [0.29, 0.717) is 77.3 Å². The summed E-state index contributed by atoms with van der Waals surface area (Å²) in [4.78, 5) is 70.2. The second-order valence-electron chi connectivity index (χ2n) is 19.2. The Labute approximate surface area is 448 Å². The van der Waals surface area contributed by atoms with Crippen LogP contribution in [0, 0.1) is 13.8 Å². The van der Waals surface area contributed by atoms with Gasteiger partial charge in [-0.2, -0.15) is 0 Å². The lowest BCUT2D eigenvalue weighted by Gasteiger charge is -2.17. The molecule has 4 aromatic carbocycles. The van der Waals surface area contributed by atoms with Crippen molar-refractivity contribution in [3.05, 3.63) is 155 Å². The first-order valence-electron chi connectivity index (χ1n) is 25.8. The van der Waals surface area contributed by atoms with E-state index in [1.807, 2.05) is 33.8 Å². The number of carboxylic acids is 1. The zero-order chi connectivity index (χ0) is 55.9. The number of aryl methyl sites for hydroxylation is 2. The first kappa shape index (κ1) is 62.6. The van der Waals surface area contributed by atoms with Gasteiger partial charge in [0.05, 0.1) is 37.6 Å². The summed E-state index contributed by atoms with van der Waals surface area (Å²) in [5.74, 6) is -0.767. The molecule has 1 N–H and O–H groups in total. The summed E-state index contributed by atoms with van der Waals surface area (Å²) < 4.78 is 38.0. The standard InChI is InChI=1S/C33H42O7.C29H34O7/c1-24(2)31(35)38-22-12-10-8-7-9-11-21-37-28-17-15-27(16-18-28)32(36)39-29-19-13-26(23-25(29)3)14-20-30(34)40-33(4,5)6;1-21(2)28(32)35-19-9-7-5-4-6-8-18-34-25-14-12-24(13-15-25)29(33)36-26-16-10-23(20-22(26)3)11-17-27(30)31/h13-20,23H,1,7-12,21-22H2,2-6H3;10-17,20H,1,4-9,18-19H2,2-3H3,(H,30,31)/b20-14+;17-11+. The first-order chi connectivity index (χ1) is 36.2. The van der Waals surface area contributed by atoms with Gasteiger partial charge in [-0.15, -0.1) is 0 Å². The third kappa shape index (κ3) is 26.5. The molecule has 0 atom stereocenters. The molecule has 76 heavy (non-hydrogen) atoms. The average Bonchev–Trinajstić information content (AvgIpc) is 3.37. The van der Waals surface area contributed by atoms with Crippen molar-refractivity contribution >= 4 is 48.0 Å². The predicted molar refractivity (Wildman–Crippen MR) is 295 cm³/mol. The van der Waals surface area contributed by atoms with E-state index in [1.54, 1.807) is 106 Å². The quantitative estimate of drug-likeness (QED) is 0.0171. The SMILES string of the molecule is C=C(C)C(=O)OCCCCCCCCOc1ccc(C(=O)Oc2ccc(/C=C/C(=O)O)cc2C)cc1.C=C(C)C(=O)OCCCCCCCCOc1ccc(C(=O)Oc2ccc(/C=C/C(=O)OC(C)(C)C)cc2C)cc1. The van der Waals surface area contributed by atoms with E-state index in [0.717, 1.165) is 99.8 Å². The van der Waals surface area contributed by atoms with Crippen LogP contribution in [0.5, 0.6) is 23.0 Å². The molecule has 0 bridgehead atoms. The lowest BCUT2D eigenvalue weighted by atomic mass is 10.1. The Morgan fingerprint density at radius 2 is 0.855 bits per heavy atom.